The van der Waals surface area contributed by atoms with Crippen LogP contribution in [-0.2, 0) is 6.42 Å². The Morgan fingerprint density at radius 3 is 2.75 bits per heavy atom. The van der Waals surface area contributed by atoms with Gasteiger partial charge in [-0.1, -0.05) is 53.5 Å². The van der Waals surface area contributed by atoms with Crippen molar-refractivity contribution in [2.24, 2.45) is 0 Å². The van der Waals surface area contributed by atoms with Crippen LogP contribution in [0.15, 0.2) is 42.5 Å². The molecule has 1 N–H and O–H groups in total. The van der Waals surface area contributed by atoms with Gasteiger partial charge in [-0.25, -0.2) is 0 Å². The third-order valence-corrected chi connectivity index (χ3v) is 4.58. The lowest BCUT2D eigenvalue weighted by molar-refractivity contribution is 0.465. The predicted molar refractivity (Wildman–Crippen MR) is 85.5 cm³/mol. The Bertz CT molecular complexity index is 624. The third-order valence-electron chi connectivity index (χ3n) is 4.01. The molecular formula is C17H17Cl2N. The molecule has 104 valence electrons. The molecule has 0 aromatic heterocycles. The van der Waals surface area contributed by atoms with Gasteiger partial charge in [0.25, 0.3) is 0 Å². The quantitative estimate of drug-likeness (QED) is 0.808. The average Bonchev–Trinajstić information content (AvgIpc) is 2.82. The Morgan fingerprint density at radius 1 is 1.15 bits per heavy atom. The van der Waals surface area contributed by atoms with Crippen molar-refractivity contribution < 1.29 is 0 Å². The first-order valence-electron chi connectivity index (χ1n) is 6.94. The fourth-order valence-electron chi connectivity index (χ4n) is 2.97. The Kier molecular flexibility index (Phi) is 4.02. The first-order chi connectivity index (χ1) is 9.65. The zero-order valence-electron chi connectivity index (χ0n) is 11.4. The highest BCUT2D eigenvalue weighted by atomic mass is 35.5. The van der Waals surface area contributed by atoms with Crippen LogP contribution in [-0.4, -0.2) is 0 Å². The maximum atomic E-state index is 6.29. The monoisotopic (exact) mass is 305 g/mol. The average molecular weight is 306 g/mol. The summed E-state index contributed by atoms with van der Waals surface area (Å²) in [7, 11) is 0. The van der Waals surface area contributed by atoms with Crippen LogP contribution in [0.4, 0.5) is 0 Å². The van der Waals surface area contributed by atoms with Crippen molar-refractivity contribution in [2.45, 2.75) is 31.8 Å². The summed E-state index contributed by atoms with van der Waals surface area (Å²) in [4.78, 5) is 0. The van der Waals surface area contributed by atoms with Crippen LogP contribution < -0.4 is 5.32 Å². The van der Waals surface area contributed by atoms with Crippen LogP contribution in [0.5, 0.6) is 0 Å². The largest absolute Gasteiger partial charge is 0.303 e. The third kappa shape index (κ3) is 2.71. The molecule has 0 saturated carbocycles. The maximum absolute atomic E-state index is 6.29. The van der Waals surface area contributed by atoms with E-state index < -0.39 is 0 Å². The van der Waals surface area contributed by atoms with Gasteiger partial charge in [-0.3, -0.25) is 0 Å². The first kappa shape index (κ1) is 13.9. The Labute approximate surface area is 129 Å². The van der Waals surface area contributed by atoms with E-state index in [-0.39, 0.29) is 6.04 Å². The molecule has 0 bridgehead atoms. The van der Waals surface area contributed by atoms with E-state index in [1.807, 2.05) is 12.1 Å². The second-order valence-corrected chi connectivity index (χ2v) is 6.19. The number of hydrogen-bond acceptors (Lipinski definition) is 1. The zero-order chi connectivity index (χ0) is 14.1. The molecule has 3 heteroatoms. The van der Waals surface area contributed by atoms with Gasteiger partial charge in [0.15, 0.2) is 0 Å². The molecule has 0 fully saturated rings. The molecule has 0 saturated heterocycles. The maximum Gasteiger partial charge on any atom is 0.0468 e. The van der Waals surface area contributed by atoms with E-state index in [1.165, 1.54) is 11.1 Å². The first-order valence-corrected chi connectivity index (χ1v) is 7.69. The van der Waals surface area contributed by atoms with Gasteiger partial charge in [-0.2, -0.15) is 0 Å². The Balaban J connectivity index is 1.79. The molecule has 2 unspecified atom stereocenters. The number of nitrogens with one attached hydrogen (secondary N) is 1. The van der Waals surface area contributed by atoms with E-state index in [4.69, 9.17) is 23.2 Å². The van der Waals surface area contributed by atoms with Crippen LogP contribution in [0.3, 0.4) is 0 Å². The van der Waals surface area contributed by atoms with E-state index in [9.17, 15) is 0 Å². The molecule has 20 heavy (non-hydrogen) atoms. The summed E-state index contributed by atoms with van der Waals surface area (Å²) in [6, 6.07) is 15.0. The summed E-state index contributed by atoms with van der Waals surface area (Å²) < 4.78 is 0. The van der Waals surface area contributed by atoms with Crippen molar-refractivity contribution in [1.82, 2.24) is 5.32 Å². The molecule has 0 radical (unpaired) electrons. The summed E-state index contributed by atoms with van der Waals surface area (Å²) in [6.07, 6.45) is 2.30. The minimum absolute atomic E-state index is 0.205. The predicted octanol–water partition coefficient (Wildman–Crippen LogP) is 5.33. The van der Waals surface area contributed by atoms with E-state index in [2.05, 4.69) is 36.5 Å². The highest BCUT2D eigenvalue weighted by Gasteiger charge is 2.23. The number of aryl methyl sites for hydroxylation is 1. The van der Waals surface area contributed by atoms with Gasteiger partial charge < -0.3 is 5.32 Å². The Morgan fingerprint density at radius 2 is 1.95 bits per heavy atom. The summed E-state index contributed by atoms with van der Waals surface area (Å²) >= 11 is 12.2. The van der Waals surface area contributed by atoms with E-state index >= 15 is 0 Å². The summed E-state index contributed by atoms with van der Waals surface area (Å²) in [6.45, 7) is 2.15. The van der Waals surface area contributed by atoms with Gasteiger partial charge in [0.2, 0.25) is 0 Å². The van der Waals surface area contributed by atoms with Crippen molar-refractivity contribution >= 4 is 23.2 Å². The van der Waals surface area contributed by atoms with Crippen molar-refractivity contribution in [3.8, 4) is 0 Å². The standard InChI is InChI=1S/C17H17Cl2N/c1-11(14-8-7-13(18)10-16(14)19)20-17-9-6-12-4-2-3-5-15(12)17/h2-5,7-8,10-11,17,20H,6,9H2,1H3. The molecule has 3 rings (SSSR count). The molecule has 0 aliphatic heterocycles. The number of fused-ring (bicyclic) bond motifs is 1. The van der Waals surface area contributed by atoms with Crippen LogP contribution in [0.2, 0.25) is 10.0 Å². The number of halogens is 2. The molecule has 0 heterocycles. The molecule has 2 aromatic rings. The van der Waals surface area contributed by atoms with Gasteiger partial charge in [0.05, 0.1) is 0 Å². The minimum atomic E-state index is 0.205. The molecule has 1 aliphatic carbocycles. The lowest BCUT2D eigenvalue weighted by Gasteiger charge is -2.21. The van der Waals surface area contributed by atoms with Gasteiger partial charge in [0, 0.05) is 22.1 Å². The Hall–Kier alpha value is -1.02. The van der Waals surface area contributed by atoms with Gasteiger partial charge in [-0.05, 0) is 48.6 Å². The molecule has 0 amide bonds. The number of rotatable bonds is 3. The lowest BCUT2D eigenvalue weighted by Crippen LogP contribution is -2.23. The van der Waals surface area contributed by atoms with Crippen molar-refractivity contribution in [2.75, 3.05) is 0 Å². The van der Waals surface area contributed by atoms with Gasteiger partial charge in [-0.15, -0.1) is 0 Å². The summed E-state index contributed by atoms with van der Waals surface area (Å²) in [5.74, 6) is 0. The highest BCUT2D eigenvalue weighted by Crippen LogP contribution is 2.34. The second-order valence-electron chi connectivity index (χ2n) is 5.34. The van der Waals surface area contributed by atoms with E-state index in [0.717, 1.165) is 23.4 Å². The molecule has 2 atom stereocenters. The normalized spacial score (nSPS) is 18.9. The zero-order valence-corrected chi connectivity index (χ0v) is 12.9. The topological polar surface area (TPSA) is 12.0 Å². The molecule has 2 aromatic carbocycles. The van der Waals surface area contributed by atoms with Crippen LogP contribution in [0, 0.1) is 0 Å². The molecular weight excluding hydrogens is 289 g/mol. The molecule has 1 nitrogen and oxygen atoms in total. The summed E-state index contributed by atoms with van der Waals surface area (Å²) in [5, 5.41) is 5.09. The summed E-state index contributed by atoms with van der Waals surface area (Å²) in [5.41, 5.74) is 3.98. The van der Waals surface area contributed by atoms with Crippen LogP contribution >= 0.6 is 23.2 Å². The molecule has 1 aliphatic rings. The second kappa shape index (κ2) is 5.77. The van der Waals surface area contributed by atoms with Crippen molar-refractivity contribution in [3.63, 3.8) is 0 Å². The van der Waals surface area contributed by atoms with E-state index in [0.29, 0.717) is 11.1 Å². The lowest BCUT2D eigenvalue weighted by atomic mass is 10.0. The minimum Gasteiger partial charge on any atom is -0.303 e. The highest BCUT2D eigenvalue weighted by molar-refractivity contribution is 6.35. The van der Waals surface area contributed by atoms with Gasteiger partial charge >= 0.3 is 0 Å². The van der Waals surface area contributed by atoms with Crippen molar-refractivity contribution in [1.29, 1.82) is 0 Å². The van der Waals surface area contributed by atoms with Crippen molar-refractivity contribution in [3.05, 3.63) is 69.2 Å². The van der Waals surface area contributed by atoms with Crippen LogP contribution in [0.25, 0.3) is 0 Å². The van der Waals surface area contributed by atoms with E-state index in [1.54, 1.807) is 6.07 Å². The fourth-order valence-corrected chi connectivity index (χ4v) is 3.55. The smallest absolute Gasteiger partial charge is 0.0468 e. The number of benzene rings is 2. The van der Waals surface area contributed by atoms with Gasteiger partial charge in [0.1, 0.15) is 0 Å². The number of hydrogen-bond donors (Lipinski definition) is 1. The SMILES string of the molecule is CC(NC1CCc2ccccc21)c1ccc(Cl)cc1Cl. The van der Waals surface area contributed by atoms with Crippen LogP contribution in [0.1, 0.15) is 42.1 Å². The fraction of sp³-hybridized carbons (Fsp3) is 0.294. The molecule has 0 spiro atoms.